The van der Waals surface area contributed by atoms with Crippen molar-refractivity contribution in [3.63, 3.8) is 0 Å². The van der Waals surface area contributed by atoms with Gasteiger partial charge in [-0.25, -0.2) is 9.50 Å². The zero-order chi connectivity index (χ0) is 16.7. The van der Waals surface area contributed by atoms with Crippen molar-refractivity contribution in [1.29, 1.82) is 0 Å². The Hall–Kier alpha value is -1.83. The topological polar surface area (TPSA) is 77.3 Å². The van der Waals surface area contributed by atoms with Crippen LogP contribution in [0.2, 0.25) is 0 Å². The molecule has 26 heavy (non-hydrogen) atoms. The Balaban J connectivity index is 0.00000121. The molecule has 2 N–H and O–H groups in total. The van der Waals surface area contributed by atoms with E-state index in [4.69, 9.17) is 10.7 Å². The molecule has 7 nitrogen and oxygen atoms in total. The summed E-state index contributed by atoms with van der Waals surface area (Å²) in [6.45, 7) is 5.01. The highest BCUT2D eigenvalue weighted by Gasteiger charge is 2.27. The van der Waals surface area contributed by atoms with Crippen LogP contribution in [0.3, 0.4) is 0 Å². The predicted molar refractivity (Wildman–Crippen MR) is 108 cm³/mol. The Labute approximate surface area is 165 Å². The highest BCUT2D eigenvalue weighted by atomic mass is 35.5. The van der Waals surface area contributed by atoms with Crippen LogP contribution >= 0.6 is 24.8 Å². The molecule has 9 heteroatoms. The summed E-state index contributed by atoms with van der Waals surface area (Å²) in [7, 11) is 1.91. The van der Waals surface area contributed by atoms with Gasteiger partial charge in [-0.15, -0.1) is 24.8 Å². The lowest BCUT2D eigenvalue weighted by Gasteiger charge is -2.37. The van der Waals surface area contributed by atoms with Gasteiger partial charge in [0.1, 0.15) is 5.52 Å². The molecule has 1 aliphatic rings. The third-order valence-corrected chi connectivity index (χ3v) is 5.06. The molecule has 142 valence electrons. The molecule has 0 bridgehead atoms. The molecule has 4 heterocycles. The largest absolute Gasteiger partial charge is 0.355 e. The third-order valence-electron chi connectivity index (χ3n) is 5.06. The molecular formula is C17H25Cl2N7. The summed E-state index contributed by atoms with van der Waals surface area (Å²) in [6, 6.07) is 2.02. The second kappa shape index (κ2) is 8.24. The van der Waals surface area contributed by atoms with Gasteiger partial charge in [-0.05, 0) is 30.9 Å². The molecule has 1 fully saturated rings. The first-order valence-corrected chi connectivity index (χ1v) is 8.44. The van der Waals surface area contributed by atoms with E-state index >= 15 is 0 Å². The lowest BCUT2D eigenvalue weighted by molar-refractivity contribution is 0.306. The second-order valence-corrected chi connectivity index (χ2v) is 6.72. The molecule has 0 aromatic carbocycles. The van der Waals surface area contributed by atoms with Gasteiger partial charge in [-0.3, -0.25) is 4.68 Å². The van der Waals surface area contributed by atoms with Crippen LogP contribution in [-0.2, 0) is 7.05 Å². The van der Waals surface area contributed by atoms with Gasteiger partial charge in [0.05, 0.1) is 24.3 Å². The number of hydrogen-bond donors (Lipinski definition) is 1. The zero-order valence-electron chi connectivity index (χ0n) is 14.9. The molecule has 4 rings (SSSR count). The van der Waals surface area contributed by atoms with Crippen LogP contribution in [0.4, 0.5) is 5.82 Å². The van der Waals surface area contributed by atoms with Crippen LogP contribution in [0, 0.1) is 11.8 Å². The number of nitrogens with zero attached hydrogens (tertiary/aromatic N) is 6. The molecule has 2 unspecified atom stereocenters. The van der Waals surface area contributed by atoms with Gasteiger partial charge in [0.2, 0.25) is 0 Å². The van der Waals surface area contributed by atoms with Gasteiger partial charge in [0, 0.05) is 31.9 Å². The van der Waals surface area contributed by atoms with Crippen LogP contribution in [0.1, 0.15) is 13.3 Å². The van der Waals surface area contributed by atoms with Gasteiger partial charge in [-0.2, -0.15) is 10.2 Å². The van der Waals surface area contributed by atoms with Crippen molar-refractivity contribution in [3.05, 3.63) is 30.9 Å². The number of hydrogen-bond acceptors (Lipinski definition) is 5. The van der Waals surface area contributed by atoms with Gasteiger partial charge in [0.25, 0.3) is 0 Å². The molecule has 1 saturated heterocycles. The van der Waals surface area contributed by atoms with Crippen molar-refractivity contribution >= 4 is 36.1 Å². The third kappa shape index (κ3) is 3.65. The summed E-state index contributed by atoms with van der Waals surface area (Å²) in [6.07, 6.45) is 8.71. The van der Waals surface area contributed by atoms with Crippen molar-refractivity contribution < 1.29 is 0 Å². The van der Waals surface area contributed by atoms with E-state index in [0.29, 0.717) is 11.8 Å². The first kappa shape index (κ1) is 20.5. The zero-order valence-corrected chi connectivity index (χ0v) is 16.6. The minimum atomic E-state index is 0. The van der Waals surface area contributed by atoms with Gasteiger partial charge < -0.3 is 10.6 Å². The maximum absolute atomic E-state index is 5.90. The first-order valence-electron chi connectivity index (χ1n) is 8.44. The summed E-state index contributed by atoms with van der Waals surface area (Å²) < 4.78 is 3.70. The Morgan fingerprint density at radius 2 is 2.04 bits per heavy atom. The summed E-state index contributed by atoms with van der Waals surface area (Å²) in [5.74, 6) is 2.16. The molecule has 2 atom stereocenters. The van der Waals surface area contributed by atoms with E-state index in [1.54, 1.807) is 4.68 Å². The molecule has 0 saturated carbocycles. The Kier molecular flexibility index (Phi) is 6.49. The van der Waals surface area contributed by atoms with Crippen LogP contribution in [0.25, 0.3) is 16.8 Å². The summed E-state index contributed by atoms with van der Waals surface area (Å²) >= 11 is 0. The molecule has 0 amide bonds. The normalized spacial score (nSPS) is 19.9. The van der Waals surface area contributed by atoms with E-state index in [9.17, 15) is 0 Å². The van der Waals surface area contributed by atoms with E-state index in [2.05, 4.69) is 22.0 Å². The van der Waals surface area contributed by atoms with E-state index in [-0.39, 0.29) is 24.8 Å². The Morgan fingerprint density at radius 3 is 2.69 bits per heavy atom. The number of aromatic nitrogens is 5. The number of nitrogens with two attached hydrogens (primary N) is 1. The Bertz CT molecular complexity index is 860. The SMILES string of the molecule is CC1CN(c2nc(-c3cnn(C)c3)cn3nccc23)CCC1CN.Cl.Cl. The number of piperidine rings is 1. The Morgan fingerprint density at radius 1 is 1.23 bits per heavy atom. The van der Waals surface area contributed by atoms with Crippen molar-refractivity contribution in [1.82, 2.24) is 24.4 Å². The minimum absolute atomic E-state index is 0. The maximum Gasteiger partial charge on any atom is 0.155 e. The number of fused-ring (bicyclic) bond motifs is 1. The van der Waals surface area contributed by atoms with E-state index in [1.807, 2.05) is 42.4 Å². The lowest BCUT2D eigenvalue weighted by atomic mass is 9.87. The van der Waals surface area contributed by atoms with Crippen molar-refractivity contribution in [3.8, 4) is 11.3 Å². The van der Waals surface area contributed by atoms with Crippen LogP contribution in [0.5, 0.6) is 0 Å². The minimum Gasteiger partial charge on any atom is -0.355 e. The van der Waals surface area contributed by atoms with Gasteiger partial charge in [0.15, 0.2) is 5.82 Å². The van der Waals surface area contributed by atoms with Crippen molar-refractivity contribution in [2.75, 3.05) is 24.5 Å². The van der Waals surface area contributed by atoms with Crippen molar-refractivity contribution in [2.45, 2.75) is 13.3 Å². The fourth-order valence-electron chi connectivity index (χ4n) is 3.57. The monoisotopic (exact) mass is 397 g/mol. The average Bonchev–Trinajstić information content (AvgIpc) is 3.22. The highest BCUT2D eigenvalue weighted by molar-refractivity contribution is 5.85. The standard InChI is InChI=1S/C17H23N7.2ClH/c1-12-9-23(6-4-13(12)7-18)17-16-3-5-19-24(16)11-15(21-17)14-8-20-22(2)10-14;;/h3,5,8,10-13H,4,6-7,9,18H2,1-2H3;2*1H. The summed E-state index contributed by atoms with van der Waals surface area (Å²) in [4.78, 5) is 7.31. The van der Waals surface area contributed by atoms with Crippen LogP contribution < -0.4 is 10.6 Å². The molecule has 3 aromatic rings. The second-order valence-electron chi connectivity index (χ2n) is 6.72. The van der Waals surface area contributed by atoms with E-state index < -0.39 is 0 Å². The molecule has 1 aliphatic heterocycles. The van der Waals surface area contributed by atoms with Gasteiger partial charge >= 0.3 is 0 Å². The molecule has 0 spiro atoms. The quantitative estimate of drug-likeness (QED) is 0.733. The lowest BCUT2D eigenvalue weighted by Crippen LogP contribution is -2.42. The van der Waals surface area contributed by atoms with E-state index in [1.165, 1.54) is 0 Å². The van der Waals surface area contributed by atoms with Crippen molar-refractivity contribution in [2.24, 2.45) is 24.6 Å². The first-order chi connectivity index (χ1) is 11.7. The smallest absolute Gasteiger partial charge is 0.155 e. The molecule has 0 radical (unpaired) electrons. The molecular weight excluding hydrogens is 373 g/mol. The summed E-state index contributed by atoms with van der Waals surface area (Å²) in [5.41, 5.74) is 8.83. The maximum atomic E-state index is 5.90. The average molecular weight is 398 g/mol. The summed E-state index contributed by atoms with van der Waals surface area (Å²) in [5, 5.41) is 8.68. The number of halogens is 2. The fraction of sp³-hybridized carbons (Fsp3) is 0.471. The number of aryl methyl sites for hydroxylation is 1. The number of anilines is 1. The van der Waals surface area contributed by atoms with Gasteiger partial charge in [-0.1, -0.05) is 6.92 Å². The molecule has 0 aliphatic carbocycles. The van der Waals surface area contributed by atoms with Crippen LogP contribution in [0.15, 0.2) is 30.9 Å². The van der Waals surface area contributed by atoms with Crippen LogP contribution in [-0.4, -0.2) is 44.0 Å². The van der Waals surface area contributed by atoms with E-state index in [0.717, 1.165) is 48.6 Å². The number of rotatable bonds is 3. The highest BCUT2D eigenvalue weighted by Crippen LogP contribution is 2.30. The predicted octanol–water partition coefficient (Wildman–Crippen LogP) is 2.39. The molecule has 3 aromatic heterocycles. The fourth-order valence-corrected chi connectivity index (χ4v) is 3.57.